The molecular formula is C25H37ClN4O. The van der Waals surface area contributed by atoms with Gasteiger partial charge in [0, 0.05) is 29.2 Å². The van der Waals surface area contributed by atoms with Gasteiger partial charge in [0.1, 0.15) is 0 Å². The lowest BCUT2D eigenvalue weighted by molar-refractivity contribution is 0.345. The third kappa shape index (κ3) is 6.11. The van der Waals surface area contributed by atoms with Gasteiger partial charge in [-0.05, 0) is 31.9 Å². The zero-order valence-electron chi connectivity index (χ0n) is 18.8. The summed E-state index contributed by atoms with van der Waals surface area (Å²) in [6.45, 7) is 4.35. The van der Waals surface area contributed by atoms with Crippen LogP contribution in [-0.4, -0.2) is 21.3 Å². The lowest BCUT2D eigenvalue weighted by atomic mass is 10.1. The zero-order chi connectivity index (χ0) is 20.6. The molecule has 3 heterocycles. The minimum atomic E-state index is 0. The molecule has 5 nitrogen and oxygen atoms in total. The van der Waals surface area contributed by atoms with Crippen molar-refractivity contribution in [3.05, 3.63) is 36.4 Å². The summed E-state index contributed by atoms with van der Waals surface area (Å²) >= 11 is 0. The molecule has 0 bridgehead atoms. The monoisotopic (exact) mass is 444 g/mol. The normalized spacial score (nSPS) is 16.1. The summed E-state index contributed by atoms with van der Waals surface area (Å²) in [5, 5.41) is 8.95. The largest absolute Gasteiger partial charge is 0.347 e. The average Bonchev–Trinajstić information content (AvgIpc) is 3.52. The Morgan fingerprint density at radius 1 is 1.03 bits per heavy atom. The molecule has 1 atom stereocenters. The van der Waals surface area contributed by atoms with Gasteiger partial charge in [-0.15, -0.1) is 12.4 Å². The van der Waals surface area contributed by atoms with E-state index in [4.69, 9.17) is 9.51 Å². The first-order valence-electron chi connectivity index (χ1n) is 12.0. The van der Waals surface area contributed by atoms with Crippen LogP contribution in [0.2, 0.25) is 0 Å². The van der Waals surface area contributed by atoms with Gasteiger partial charge in [0.2, 0.25) is 11.7 Å². The molecule has 0 unspecified atom stereocenters. The lowest BCUT2D eigenvalue weighted by Gasteiger charge is -2.05. The average molecular weight is 445 g/mol. The third-order valence-electron chi connectivity index (χ3n) is 6.33. The van der Waals surface area contributed by atoms with Crippen molar-refractivity contribution in [1.82, 2.24) is 20.0 Å². The van der Waals surface area contributed by atoms with Crippen LogP contribution in [0.15, 0.2) is 35.0 Å². The van der Waals surface area contributed by atoms with Gasteiger partial charge in [-0.1, -0.05) is 81.6 Å². The Kier molecular flexibility index (Phi) is 9.41. The quantitative estimate of drug-likeness (QED) is 0.303. The molecule has 1 saturated heterocycles. The van der Waals surface area contributed by atoms with Crippen LogP contribution in [0.4, 0.5) is 0 Å². The molecule has 1 aliphatic rings. The van der Waals surface area contributed by atoms with Crippen molar-refractivity contribution >= 4 is 23.3 Å². The van der Waals surface area contributed by atoms with Crippen LogP contribution in [0.1, 0.15) is 89.5 Å². The van der Waals surface area contributed by atoms with Gasteiger partial charge in [0.15, 0.2) is 0 Å². The predicted octanol–water partition coefficient (Wildman–Crippen LogP) is 7.07. The summed E-state index contributed by atoms with van der Waals surface area (Å²) in [6, 6.07) is 8.78. The molecule has 1 aromatic carbocycles. The highest BCUT2D eigenvalue weighted by Crippen LogP contribution is 2.31. The van der Waals surface area contributed by atoms with Gasteiger partial charge in [-0.2, -0.15) is 4.98 Å². The number of rotatable bonds is 12. The molecule has 4 rings (SSSR count). The number of unbranched alkanes of at least 4 members (excludes halogenated alkanes) is 8. The highest BCUT2D eigenvalue weighted by Gasteiger charge is 2.23. The summed E-state index contributed by atoms with van der Waals surface area (Å²) in [6.07, 6.45) is 16.6. The van der Waals surface area contributed by atoms with Crippen LogP contribution >= 0.6 is 12.4 Å². The Balaban J connectivity index is 0.00000272. The summed E-state index contributed by atoms with van der Waals surface area (Å²) in [4.78, 5) is 4.72. The predicted molar refractivity (Wildman–Crippen MR) is 130 cm³/mol. The van der Waals surface area contributed by atoms with Crippen molar-refractivity contribution in [2.24, 2.45) is 0 Å². The fourth-order valence-corrected chi connectivity index (χ4v) is 4.58. The molecule has 6 heteroatoms. The van der Waals surface area contributed by atoms with E-state index < -0.39 is 0 Å². The highest BCUT2D eigenvalue weighted by atomic mass is 35.5. The van der Waals surface area contributed by atoms with Crippen molar-refractivity contribution in [3.63, 3.8) is 0 Å². The Labute approximate surface area is 192 Å². The van der Waals surface area contributed by atoms with E-state index in [1.807, 2.05) is 0 Å². The summed E-state index contributed by atoms with van der Waals surface area (Å²) in [5.41, 5.74) is 2.34. The Bertz CT molecular complexity index is 913. The van der Waals surface area contributed by atoms with E-state index >= 15 is 0 Å². The van der Waals surface area contributed by atoms with Crippen LogP contribution in [0.25, 0.3) is 22.3 Å². The smallest absolute Gasteiger partial charge is 0.244 e. The maximum absolute atomic E-state index is 5.59. The van der Waals surface area contributed by atoms with E-state index in [9.17, 15) is 0 Å². The van der Waals surface area contributed by atoms with Gasteiger partial charge in [0.05, 0.1) is 6.04 Å². The van der Waals surface area contributed by atoms with E-state index in [1.54, 1.807) is 0 Å². The second kappa shape index (κ2) is 12.3. The summed E-state index contributed by atoms with van der Waals surface area (Å²) in [7, 11) is 0. The maximum atomic E-state index is 5.59. The van der Waals surface area contributed by atoms with Crippen molar-refractivity contribution in [1.29, 1.82) is 0 Å². The molecule has 0 saturated carbocycles. The van der Waals surface area contributed by atoms with E-state index in [-0.39, 0.29) is 18.4 Å². The van der Waals surface area contributed by atoms with Gasteiger partial charge < -0.3 is 14.4 Å². The SMILES string of the molecule is CCCCCCCCCCCn1cc(-c2noc([C@@H]3CCCN3)n2)c2ccccc21.Cl. The molecule has 0 amide bonds. The maximum Gasteiger partial charge on any atom is 0.244 e. The molecule has 0 radical (unpaired) electrons. The molecule has 2 aromatic heterocycles. The van der Waals surface area contributed by atoms with E-state index in [0.717, 1.165) is 31.0 Å². The number of hydrogen-bond acceptors (Lipinski definition) is 4. The molecule has 31 heavy (non-hydrogen) atoms. The Morgan fingerprint density at radius 2 is 1.77 bits per heavy atom. The zero-order valence-corrected chi connectivity index (χ0v) is 19.6. The van der Waals surface area contributed by atoms with Gasteiger partial charge >= 0.3 is 0 Å². The minimum Gasteiger partial charge on any atom is -0.347 e. The fraction of sp³-hybridized carbons (Fsp3) is 0.600. The molecule has 3 aromatic rings. The number of halogens is 1. The number of fused-ring (bicyclic) bond motifs is 1. The molecule has 0 spiro atoms. The van der Waals surface area contributed by atoms with E-state index in [2.05, 4.69) is 52.4 Å². The second-order valence-corrected chi connectivity index (χ2v) is 8.69. The lowest BCUT2D eigenvalue weighted by Crippen LogP contribution is -2.12. The molecular weight excluding hydrogens is 408 g/mol. The van der Waals surface area contributed by atoms with Gasteiger partial charge in [-0.25, -0.2) is 0 Å². The number of hydrogen-bond donors (Lipinski definition) is 1. The molecule has 1 aliphatic heterocycles. The van der Waals surface area contributed by atoms with Crippen LogP contribution in [0.3, 0.4) is 0 Å². The topological polar surface area (TPSA) is 55.9 Å². The van der Waals surface area contributed by atoms with Crippen molar-refractivity contribution < 1.29 is 4.52 Å². The fourth-order valence-electron chi connectivity index (χ4n) is 4.58. The van der Waals surface area contributed by atoms with Crippen molar-refractivity contribution in [2.45, 2.75) is 90.1 Å². The van der Waals surface area contributed by atoms with Crippen molar-refractivity contribution in [3.8, 4) is 11.4 Å². The van der Waals surface area contributed by atoms with Crippen molar-refractivity contribution in [2.75, 3.05) is 6.54 Å². The van der Waals surface area contributed by atoms with Crippen LogP contribution in [-0.2, 0) is 6.54 Å². The minimum absolute atomic E-state index is 0. The molecule has 1 N–H and O–H groups in total. The first kappa shape index (κ1) is 23.8. The summed E-state index contributed by atoms with van der Waals surface area (Å²) < 4.78 is 7.96. The number of nitrogens with one attached hydrogen (secondary N) is 1. The number of aryl methyl sites for hydroxylation is 1. The first-order chi connectivity index (χ1) is 14.9. The number of para-hydroxylation sites is 1. The summed E-state index contributed by atoms with van der Waals surface area (Å²) in [5.74, 6) is 1.43. The first-order valence-corrected chi connectivity index (χ1v) is 12.0. The Hall–Kier alpha value is -1.85. The van der Waals surface area contributed by atoms with Gasteiger partial charge in [0.25, 0.3) is 0 Å². The van der Waals surface area contributed by atoms with Crippen LogP contribution < -0.4 is 5.32 Å². The molecule has 1 fully saturated rings. The van der Waals surface area contributed by atoms with E-state index in [0.29, 0.717) is 5.82 Å². The highest BCUT2D eigenvalue weighted by molar-refractivity contribution is 5.94. The molecule has 0 aliphatic carbocycles. The number of nitrogens with zero attached hydrogens (tertiary/aromatic N) is 3. The standard InChI is InChI=1S/C25H36N4O.ClH/c1-2-3-4-5-6-7-8-9-12-18-29-19-21(20-14-10-11-16-23(20)29)24-27-25(30-28-24)22-15-13-17-26-22;/h10-11,14,16,19,22,26H,2-9,12-13,15,17-18H2,1H3;1H/t22-;/m0./s1. The van der Waals surface area contributed by atoms with E-state index in [1.165, 1.54) is 75.1 Å². The number of aromatic nitrogens is 3. The second-order valence-electron chi connectivity index (χ2n) is 8.69. The molecule has 170 valence electrons. The number of benzene rings is 1. The third-order valence-corrected chi connectivity index (χ3v) is 6.33. The van der Waals surface area contributed by atoms with Gasteiger partial charge in [-0.3, -0.25) is 0 Å². The van der Waals surface area contributed by atoms with Crippen LogP contribution in [0, 0.1) is 0 Å². The Morgan fingerprint density at radius 3 is 2.52 bits per heavy atom. The van der Waals surface area contributed by atoms with Crippen LogP contribution in [0.5, 0.6) is 0 Å².